The number of ether oxygens (including phenoxy) is 2. The van der Waals surface area contributed by atoms with Gasteiger partial charge >= 0.3 is 0 Å². The molecule has 0 saturated carbocycles. The van der Waals surface area contributed by atoms with E-state index in [1.165, 1.54) is 4.90 Å². The molecule has 0 aromatic heterocycles. The van der Waals surface area contributed by atoms with E-state index in [4.69, 9.17) is 9.47 Å². The monoisotopic (exact) mass is 549 g/mol. The number of nitrogens with zero attached hydrogens (tertiary/aromatic N) is 1. The fraction of sp³-hybridized carbons (Fsp3) is 0.516. The van der Waals surface area contributed by atoms with E-state index in [0.717, 1.165) is 0 Å². The number of fused-ring (bicyclic) bond motifs is 1. The van der Waals surface area contributed by atoms with E-state index in [9.17, 15) is 19.5 Å². The molecule has 3 fully saturated rings. The number of para-hydroxylation sites is 1. The van der Waals surface area contributed by atoms with Crippen LogP contribution >= 0.6 is 0 Å². The zero-order valence-corrected chi connectivity index (χ0v) is 23.7. The Bertz CT molecular complexity index is 1270. The molecule has 0 aliphatic carbocycles. The van der Waals surface area contributed by atoms with Gasteiger partial charge in [0.2, 0.25) is 17.7 Å². The number of methoxy groups -OCH3 is 1. The molecule has 1 spiro atoms. The van der Waals surface area contributed by atoms with E-state index < -0.39 is 41.0 Å². The van der Waals surface area contributed by atoms with Gasteiger partial charge in [-0.1, -0.05) is 39.0 Å². The van der Waals surface area contributed by atoms with Crippen LogP contribution in [0.4, 0.5) is 11.4 Å². The van der Waals surface area contributed by atoms with Crippen LogP contribution in [0.25, 0.3) is 0 Å². The summed E-state index contributed by atoms with van der Waals surface area (Å²) < 4.78 is 12.0. The second kappa shape index (κ2) is 10.5. The Kier molecular flexibility index (Phi) is 7.39. The molecule has 0 radical (unpaired) electrons. The van der Waals surface area contributed by atoms with E-state index >= 15 is 0 Å². The summed E-state index contributed by atoms with van der Waals surface area (Å²) in [5, 5.41) is 16.4. The molecule has 3 amide bonds. The molecule has 3 heterocycles. The summed E-state index contributed by atoms with van der Waals surface area (Å²) in [5.41, 5.74) is -0.959. The van der Waals surface area contributed by atoms with Crippen molar-refractivity contribution in [2.45, 2.75) is 63.8 Å². The van der Waals surface area contributed by atoms with Gasteiger partial charge in [-0.05, 0) is 68.0 Å². The molecule has 9 nitrogen and oxygen atoms in total. The van der Waals surface area contributed by atoms with Gasteiger partial charge in [-0.2, -0.15) is 0 Å². The smallest absolute Gasteiger partial charge is 0.250 e. The van der Waals surface area contributed by atoms with Gasteiger partial charge in [0.1, 0.15) is 17.4 Å². The molecular weight excluding hydrogens is 510 g/mol. The summed E-state index contributed by atoms with van der Waals surface area (Å²) in [4.78, 5) is 43.9. The van der Waals surface area contributed by atoms with Crippen LogP contribution in [0.5, 0.6) is 5.75 Å². The average Bonchev–Trinajstić information content (AvgIpc) is 3.44. The number of likely N-dealkylation sites (tertiary alicyclic amines) is 1. The molecule has 214 valence electrons. The predicted molar refractivity (Wildman–Crippen MR) is 151 cm³/mol. The Morgan fingerprint density at radius 2 is 1.70 bits per heavy atom. The van der Waals surface area contributed by atoms with Crippen molar-refractivity contribution in [1.82, 2.24) is 4.90 Å². The molecule has 3 saturated heterocycles. The maximum absolute atomic E-state index is 14.4. The molecule has 3 aliphatic heterocycles. The van der Waals surface area contributed by atoms with Gasteiger partial charge in [0.15, 0.2) is 0 Å². The third-order valence-corrected chi connectivity index (χ3v) is 9.03. The quantitative estimate of drug-likeness (QED) is 0.439. The number of carbonyl (C=O) groups is 3. The second-order valence-corrected chi connectivity index (χ2v) is 12.0. The molecule has 2 aromatic rings. The maximum atomic E-state index is 14.4. The van der Waals surface area contributed by atoms with Crippen molar-refractivity contribution in [3.8, 4) is 5.75 Å². The molecule has 5 rings (SSSR count). The summed E-state index contributed by atoms with van der Waals surface area (Å²) in [5.74, 6) is -1.95. The minimum atomic E-state index is -1.20. The van der Waals surface area contributed by atoms with Crippen molar-refractivity contribution < 1.29 is 29.0 Å². The Morgan fingerprint density at radius 1 is 1.07 bits per heavy atom. The molecule has 3 aliphatic rings. The molecule has 9 heteroatoms. The van der Waals surface area contributed by atoms with Gasteiger partial charge in [-0.25, -0.2) is 0 Å². The largest absolute Gasteiger partial charge is 0.497 e. The number of benzene rings is 2. The van der Waals surface area contributed by atoms with Crippen LogP contribution in [-0.4, -0.2) is 64.7 Å². The first-order valence-corrected chi connectivity index (χ1v) is 14.0. The van der Waals surface area contributed by atoms with Gasteiger partial charge in [-0.15, -0.1) is 0 Å². The van der Waals surface area contributed by atoms with Crippen LogP contribution < -0.4 is 15.4 Å². The zero-order chi connectivity index (χ0) is 28.8. The van der Waals surface area contributed by atoms with Gasteiger partial charge in [0.25, 0.3) is 0 Å². The minimum Gasteiger partial charge on any atom is -0.497 e. The van der Waals surface area contributed by atoms with Crippen LogP contribution in [0.2, 0.25) is 0 Å². The van der Waals surface area contributed by atoms with Gasteiger partial charge in [0, 0.05) is 11.4 Å². The number of hydrogen-bond donors (Lipinski definition) is 3. The highest BCUT2D eigenvalue weighted by Gasteiger charge is 2.80. The lowest BCUT2D eigenvalue weighted by Crippen LogP contribution is -2.56. The highest BCUT2D eigenvalue weighted by molar-refractivity contribution is 6.05. The number of rotatable bonds is 9. The lowest BCUT2D eigenvalue weighted by molar-refractivity contribution is -0.148. The molecule has 2 aromatic carbocycles. The van der Waals surface area contributed by atoms with Crippen molar-refractivity contribution >= 4 is 29.1 Å². The predicted octanol–water partition coefficient (Wildman–Crippen LogP) is 3.69. The van der Waals surface area contributed by atoms with Crippen LogP contribution in [0.15, 0.2) is 54.6 Å². The third kappa shape index (κ3) is 4.45. The number of nitrogens with one attached hydrogen (secondary N) is 2. The van der Waals surface area contributed by atoms with Gasteiger partial charge < -0.3 is 30.1 Å². The van der Waals surface area contributed by atoms with Crippen LogP contribution in [0.3, 0.4) is 0 Å². The van der Waals surface area contributed by atoms with Crippen LogP contribution in [0.1, 0.15) is 40.5 Å². The molecule has 2 bridgehead atoms. The molecule has 3 unspecified atom stereocenters. The zero-order valence-electron chi connectivity index (χ0n) is 23.7. The first-order valence-electron chi connectivity index (χ1n) is 14.0. The van der Waals surface area contributed by atoms with Crippen LogP contribution in [-0.2, 0) is 19.1 Å². The second-order valence-electron chi connectivity index (χ2n) is 12.0. The van der Waals surface area contributed by atoms with E-state index in [1.54, 1.807) is 43.5 Å². The fourth-order valence-electron chi connectivity index (χ4n) is 7.22. The Balaban J connectivity index is 1.56. The Labute approximate surface area is 235 Å². The fourth-order valence-corrected chi connectivity index (χ4v) is 7.22. The lowest BCUT2D eigenvalue weighted by atomic mass is 9.62. The first-order chi connectivity index (χ1) is 19.1. The van der Waals surface area contributed by atoms with Crippen molar-refractivity contribution in [2.24, 2.45) is 23.7 Å². The van der Waals surface area contributed by atoms with Crippen LogP contribution in [0, 0.1) is 23.7 Å². The Morgan fingerprint density at radius 3 is 2.30 bits per heavy atom. The number of aliphatic hydroxyl groups excluding tert-OH is 1. The summed E-state index contributed by atoms with van der Waals surface area (Å²) in [6.07, 6.45) is 0.955. The van der Waals surface area contributed by atoms with E-state index in [1.807, 2.05) is 45.9 Å². The summed E-state index contributed by atoms with van der Waals surface area (Å²) in [7, 11) is 1.57. The molecule has 7 atom stereocenters. The highest BCUT2D eigenvalue weighted by atomic mass is 16.5. The van der Waals surface area contributed by atoms with E-state index in [2.05, 4.69) is 10.6 Å². The van der Waals surface area contributed by atoms with Gasteiger partial charge in [-0.3, -0.25) is 14.4 Å². The topological polar surface area (TPSA) is 117 Å². The minimum absolute atomic E-state index is 0.0861. The number of carbonyl (C=O) groups excluding carboxylic acids is 3. The molecule has 40 heavy (non-hydrogen) atoms. The first kappa shape index (κ1) is 28.1. The summed E-state index contributed by atoms with van der Waals surface area (Å²) in [6, 6.07) is 14.5. The summed E-state index contributed by atoms with van der Waals surface area (Å²) >= 11 is 0. The number of aliphatic hydroxyl groups is 1. The Hall–Kier alpha value is -3.43. The standard InChI is InChI=1S/C31H39N3O6/c1-18(2)15-22(17-35)34-26(28(37)33-21-11-13-23(39-5)14-12-21)31-16-19(3)30(4,40-31)24(25(31)29(34)38)27(36)32-20-9-7-6-8-10-20/h6-14,18-19,22,24-26,35H,15-17H2,1-5H3,(H,32,36)(H,33,37)/t19?,22-,24-,25+,26?,30+,31?/m1/s1. The van der Waals surface area contributed by atoms with Gasteiger partial charge in [0.05, 0.1) is 37.2 Å². The SMILES string of the molecule is COc1ccc(NC(=O)C2N([C@@H](CO)CC(C)C)C(=O)[C@@H]3[C@H](C(=O)Nc4ccccc4)[C@@]4(C)OC23CC4C)cc1. The van der Waals surface area contributed by atoms with Crippen molar-refractivity contribution in [3.63, 3.8) is 0 Å². The average molecular weight is 550 g/mol. The number of amides is 3. The normalized spacial score (nSPS) is 31.3. The number of anilines is 2. The lowest BCUT2D eigenvalue weighted by Gasteiger charge is -2.37. The molecular formula is C31H39N3O6. The maximum Gasteiger partial charge on any atom is 0.250 e. The third-order valence-electron chi connectivity index (χ3n) is 9.03. The number of hydrogen-bond acceptors (Lipinski definition) is 6. The van der Waals surface area contributed by atoms with Crippen molar-refractivity contribution in [2.75, 3.05) is 24.4 Å². The van der Waals surface area contributed by atoms with Crippen molar-refractivity contribution in [3.05, 3.63) is 54.6 Å². The summed E-state index contributed by atoms with van der Waals surface area (Å²) in [6.45, 7) is 7.61. The van der Waals surface area contributed by atoms with E-state index in [-0.39, 0.29) is 30.3 Å². The van der Waals surface area contributed by atoms with Crippen molar-refractivity contribution in [1.29, 1.82) is 0 Å². The molecule has 3 N–H and O–H groups in total. The van der Waals surface area contributed by atoms with E-state index in [0.29, 0.717) is 30.0 Å². The highest BCUT2D eigenvalue weighted by Crippen LogP contribution is 2.65.